The summed E-state index contributed by atoms with van der Waals surface area (Å²) in [5.74, 6) is -0.177. The Labute approximate surface area is 180 Å². The number of amides is 2. The van der Waals surface area contributed by atoms with Crippen molar-refractivity contribution in [2.75, 3.05) is 18.9 Å². The molecule has 1 aromatic heterocycles. The molecule has 0 saturated heterocycles. The first-order valence-electron chi connectivity index (χ1n) is 10.2. The number of hydrogen-bond acceptors (Lipinski definition) is 3. The summed E-state index contributed by atoms with van der Waals surface area (Å²) in [5, 5.41) is 5.26. The van der Waals surface area contributed by atoms with Crippen LogP contribution in [0.25, 0.3) is 22.0 Å². The summed E-state index contributed by atoms with van der Waals surface area (Å²) in [6.45, 7) is 0.339. The summed E-state index contributed by atoms with van der Waals surface area (Å²) in [6, 6.07) is 27.3. The number of anilines is 1. The second-order valence-electron chi connectivity index (χ2n) is 7.78. The lowest BCUT2D eigenvalue weighted by Crippen LogP contribution is -2.41. The number of pyridine rings is 1. The van der Waals surface area contributed by atoms with Crippen LogP contribution in [-0.4, -0.2) is 35.3 Å². The summed E-state index contributed by atoms with van der Waals surface area (Å²) in [6.07, 6.45) is 0. The lowest BCUT2D eigenvalue weighted by Gasteiger charge is -2.30. The van der Waals surface area contributed by atoms with E-state index in [4.69, 9.17) is 0 Å². The molecule has 0 saturated carbocycles. The van der Waals surface area contributed by atoms with E-state index in [2.05, 4.69) is 34.6 Å². The highest BCUT2D eigenvalue weighted by atomic mass is 16.2. The third kappa shape index (κ3) is 3.55. The van der Waals surface area contributed by atoms with Gasteiger partial charge in [0.15, 0.2) is 0 Å². The molecular weight excluding hydrogens is 386 g/mol. The number of carbonyl (C=O) groups excluding carboxylic acids is 2. The van der Waals surface area contributed by atoms with Gasteiger partial charge in [-0.25, -0.2) is 4.98 Å². The van der Waals surface area contributed by atoms with Gasteiger partial charge in [-0.3, -0.25) is 9.59 Å². The van der Waals surface area contributed by atoms with E-state index in [1.54, 1.807) is 24.1 Å². The molecule has 0 fully saturated rings. The average Bonchev–Trinajstić information content (AvgIpc) is 2.81. The number of carbonyl (C=O) groups is 2. The lowest BCUT2D eigenvalue weighted by atomic mass is 9.89. The van der Waals surface area contributed by atoms with Gasteiger partial charge in [-0.05, 0) is 40.6 Å². The predicted octanol–water partition coefficient (Wildman–Crippen LogP) is 4.71. The topological polar surface area (TPSA) is 62.3 Å². The van der Waals surface area contributed by atoms with Crippen molar-refractivity contribution in [1.82, 2.24) is 9.88 Å². The molecule has 3 aromatic carbocycles. The lowest BCUT2D eigenvalue weighted by molar-refractivity contribution is -0.118. The molecule has 1 atom stereocenters. The number of nitrogens with zero attached hydrogens (tertiary/aromatic N) is 2. The SMILES string of the molecule is CN1CC(C(=O)Nc2cccc(-c3ccc4ccccc4c3)n2)c2ccccc2C1=O. The molecule has 1 N–H and O–H groups in total. The van der Waals surface area contributed by atoms with E-state index < -0.39 is 5.92 Å². The van der Waals surface area contributed by atoms with Gasteiger partial charge in [0.1, 0.15) is 5.82 Å². The van der Waals surface area contributed by atoms with Crippen molar-refractivity contribution in [2.45, 2.75) is 5.92 Å². The molecule has 1 unspecified atom stereocenters. The predicted molar refractivity (Wildman–Crippen MR) is 122 cm³/mol. The first-order valence-corrected chi connectivity index (χ1v) is 10.2. The summed E-state index contributed by atoms with van der Waals surface area (Å²) < 4.78 is 0. The number of likely N-dealkylation sites (N-methyl/N-ethyl adjacent to an activating group) is 1. The van der Waals surface area contributed by atoms with Crippen molar-refractivity contribution in [3.63, 3.8) is 0 Å². The maximum atomic E-state index is 13.1. The Hall–Kier alpha value is -3.99. The van der Waals surface area contributed by atoms with E-state index in [1.165, 1.54) is 5.39 Å². The smallest absolute Gasteiger partial charge is 0.253 e. The maximum Gasteiger partial charge on any atom is 0.253 e. The van der Waals surface area contributed by atoms with Gasteiger partial charge in [-0.2, -0.15) is 0 Å². The zero-order chi connectivity index (χ0) is 21.4. The van der Waals surface area contributed by atoms with Gasteiger partial charge in [-0.15, -0.1) is 0 Å². The van der Waals surface area contributed by atoms with Gasteiger partial charge >= 0.3 is 0 Å². The summed E-state index contributed by atoms with van der Waals surface area (Å²) in [5.41, 5.74) is 3.12. The van der Waals surface area contributed by atoms with Gasteiger partial charge in [0.2, 0.25) is 5.91 Å². The number of aromatic nitrogens is 1. The largest absolute Gasteiger partial charge is 0.341 e. The van der Waals surface area contributed by atoms with Crippen LogP contribution in [0.1, 0.15) is 21.8 Å². The fourth-order valence-electron chi connectivity index (χ4n) is 4.11. The number of nitrogens with one attached hydrogen (secondary N) is 1. The standard InChI is InChI=1S/C26H21N3O2/c1-29-16-22(20-9-4-5-10-21(20)26(29)31)25(30)28-24-12-6-11-23(27-24)19-14-13-17-7-2-3-8-18(17)15-19/h2-15,22H,16H2,1H3,(H,27,28,30). The zero-order valence-electron chi connectivity index (χ0n) is 17.1. The highest BCUT2D eigenvalue weighted by Crippen LogP contribution is 2.29. The van der Waals surface area contributed by atoms with E-state index in [9.17, 15) is 9.59 Å². The number of fused-ring (bicyclic) bond motifs is 2. The van der Waals surface area contributed by atoms with Crippen LogP contribution in [0.5, 0.6) is 0 Å². The molecule has 0 spiro atoms. The molecule has 4 aromatic rings. The van der Waals surface area contributed by atoms with E-state index in [0.717, 1.165) is 22.2 Å². The minimum atomic E-state index is -0.440. The molecule has 0 bridgehead atoms. The Bertz CT molecular complexity index is 1310. The molecule has 0 aliphatic carbocycles. The minimum Gasteiger partial charge on any atom is -0.341 e. The quantitative estimate of drug-likeness (QED) is 0.535. The van der Waals surface area contributed by atoms with E-state index in [1.807, 2.05) is 48.5 Å². The highest BCUT2D eigenvalue weighted by molar-refractivity contribution is 6.03. The Morgan fingerprint density at radius 2 is 1.71 bits per heavy atom. The van der Waals surface area contributed by atoms with E-state index in [0.29, 0.717) is 17.9 Å². The Morgan fingerprint density at radius 3 is 2.58 bits per heavy atom. The van der Waals surface area contributed by atoms with Gasteiger partial charge in [0, 0.05) is 24.7 Å². The van der Waals surface area contributed by atoms with Crippen LogP contribution in [-0.2, 0) is 4.79 Å². The van der Waals surface area contributed by atoms with E-state index in [-0.39, 0.29) is 11.8 Å². The van der Waals surface area contributed by atoms with Crippen molar-refractivity contribution in [1.29, 1.82) is 0 Å². The van der Waals surface area contributed by atoms with Crippen molar-refractivity contribution in [3.05, 3.63) is 96.1 Å². The first kappa shape index (κ1) is 19.0. The molecule has 5 nitrogen and oxygen atoms in total. The second-order valence-corrected chi connectivity index (χ2v) is 7.78. The van der Waals surface area contributed by atoms with Crippen molar-refractivity contribution in [3.8, 4) is 11.3 Å². The van der Waals surface area contributed by atoms with Crippen LogP contribution in [0, 0.1) is 0 Å². The Kier molecular flexibility index (Phi) is 4.71. The first-order chi connectivity index (χ1) is 15.1. The van der Waals surface area contributed by atoms with Crippen molar-refractivity contribution < 1.29 is 9.59 Å². The van der Waals surface area contributed by atoms with Gasteiger partial charge in [0.25, 0.3) is 5.91 Å². The third-order valence-electron chi connectivity index (χ3n) is 5.73. The van der Waals surface area contributed by atoms with Crippen LogP contribution < -0.4 is 5.32 Å². The highest BCUT2D eigenvalue weighted by Gasteiger charge is 2.33. The van der Waals surface area contributed by atoms with Crippen molar-refractivity contribution >= 4 is 28.4 Å². The van der Waals surface area contributed by atoms with Crippen LogP contribution in [0.3, 0.4) is 0 Å². The second kappa shape index (κ2) is 7.69. The minimum absolute atomic E-state index is 0.0592. The number of hydrogen-bond donors (Lipinski definition) is 1. The molecular formula is C26H21N3O2. The molecule has 2 amide bonds. The maximum absolute atomic E-state index is 13.1. The summed E-state index contributed by atoms with van der Waals surface area (Å²) in [7, 11) is 1.72. The molecule has 1 aliphatic heterocycles. The Balaban J connectivity index is 1.42. The number of rotatable bonds is 3. The molecule has 152 valence electrons. The Morgan fingerprint density at radius 1 is 0.935 bits per heavy atom. The summed E-state index contributed by atoms with van der Waals surface area (Å²) in [4.78, 5) is 31.8. The molecule has 0 radical (unpaired) electrons. The fraction of sp³-hybridized carbons (Fsp3) is 0.115. The van der Waals surface area contributed by atoms with Crippen LogP contribution in [0.4, 0.5) is 5.82 Å². The normalized spacial score (nSPS) is 15.6. The van der Waals surface area contributed by atoms with Gasteiger partial charge in [-0.1, -0.05) is 60.7 Å². The average molecular weight is 407 g/mol. The fourth-order valence-corrected chi connectivity index (χ4v) is 4.11. The number of benzene rings is 3. The molecule has 1 aliphatic rings. The third-order valence-corrected chi connectivity index (χ3v) is 5.73. The van der Waals surface area contributed by atoms with Gasteiger partial charge < -0.3 is 10.2 Å². The molecule has 5 heteroatoms. The molecule has 2 heterocycles. The van der Waals surface area contributed by atoms with Gasteiger partial charge in [0.05, 0.1) is 11.6 Å². The summed E-state index contributed by atoms with van der Waals surface area (Å²) >= 11 is 0. The van der Waals surface area contributed by atoms with Crippen LogP contribution in [0.15, 0.2) is 84.9 Å². The van der Waals surface area contributed by atoms with Crippen LogP contribution in [0.2, 0.25) is 0 Å². The molecule has 31 heavy (non-hydrogen) atoms. The van der Waals surface area contributed by atoms with E-state index >= 15 is 0 Å². The zero-order valence-corrected chi connectivity index (χ0v) is 17.1. The molecule has 5 rings (SSSR count). The van der Waals surface area contributed by atoms with Crippen molar-refractivity contribution in [2.24, 2.45) is 0 Å². The van der Waals surface area contributed by atoms with Crippen LogP contribution >= 0.6 is 0 Å². The monoisotopic (exact) mass is 407 g/mol.